The van der Waals surface area contributed by atoms with E-state index in [0.29, 0.717) is 0 Å². The zero-order valence-electron chi connectivity index (χ0n) is 8.44. The molecule has 14 heavy (non-hydrogen) atoms. The molecule has 4 nitrogen and oxygen atoms in total. The molecule has 1 saturated carbocycles. The molecule has 0 atom stereocenters. The van der Waals surface area contributed by atoms with Gasteiger partial charge in [-0.1, -0.05) is 11.8 Å². The second-order valence-electron chi connectivity index (χ2n) is 3.60. The van der Waals surface area contributed by atoms with Gasteiger partial charge in [0.1, 0.15) is 6.33 Å². The molecule has 0 aromatic carbocycles. The van der Waals surface area contributed by atoms with Crippen molar-refractivity contribution in [3.05, 3.63) is 6.33 Å². The van der Waals surface area contributed by atoms with E-state index in [9.17, 15) is 0 Å². The summed E-state index contributed by atoms with van der Waals surface area (Å²) in [4.78, 5) is 4.16. The SMILES string of the molecule is Cn1ncnc1SCCCNC1CC1. The van der Waals surface area contributed by atoms with Gasteiger partial charge in [-0.3, -0.25) is 0 Å². The molecule has 0 amide bonds. The van der Waals surface area contributed by atoms with Crippen molar-refractivity contribution in [2.75, 3.05) is 12.3 Å². The number of hydrogen-bond donors (Lipinski definition) is 1. The van der Waals surface area contributed by atoms with Crippen molar-refractivity contribution in [2.45, 2.75) is 30.5 Å². The average Bonchev–Trinajstić information content (AvgIpc) is 2.91. The van der Waals surface area contributed by atoms with E-state index in [4.69, 9.17) is 0 Å². The van der Waals surface area contributed by atoms with Crippen LogP contribution in [0.4, 0.5) is 0 Å². The Hall–Kier alpha value is -0.550. The Morgan fingerprint density at radius 1 is 1.64 bits per heavy atom. The van der Waals surface area contributed by atoms with E-state index in [2.05, 4.69) is 15.4 Å². The van der Waals surface area contributed by atoms with E-state index < -0.39 is 0 Å². The van der Waals surface area contributed by atoms with E-state index in [-0.39, 0.29) is 0 Å². The summed E-state index contributed by atoms with van der Waals surface area (Å²) in [5, 5.41) is 8.53. The molecule has 5 heteroatoms. The number of nitrogens with zero attached hydrogens (tertiary/aromatic N) is 3. The van der Waals surface area contributed by atoms with Gasteiger partial charge in [-0.05, 0) is 25.8 Å². The summed E-state index contributed by atoms with van der Waals surface area (Å²) in [6.07, 6.45) is 5.55. The summed E-state index contributed by atoms with van der Waals surface area (Å²) in [6.45, 7) is 1.13. The van der Waals surface area contributed by atoms with Crippen molar-refractivity contribution in [1.29, 1.82) is 0 Å². The Labute approximate surface area is 88.5 Å². The van der Waals surface area contributed by atoms with Gasteiger partial charge in [-0.25, -0.2) is 9.67 Å². The summed E-state index contributed by atoms with van der Waals surface area (Å²) in [6, 6.07) is 0.829. The third kappa shape index (κ3) is 2.99. The second-order valence-corrected chi connectivity index (χ2v) is 4.66. The molecule has 0 aliphatic heterocycles. The van der Waals surface area contributed by atoms with Crippen molar-refractivity contribution in [1.82, 2.24) is 20.1 Å². The molecule has 1 heterocycles. The van der Waals surface area contributed by atoms with Gasteiger partial charge < -0.3 is 5.32 Å². The maximum absolute atomic E-state index is 4.16. The highest BCUT2D eigenvalue weighted by atomic mass is 32.2. The van der Waals surface area contributed by atoms with Crippen molar-refractivity contribution >= 4 is 11.8 Å². The minimum atomic E-state index is 0.829. The molecule has 0 unspecified atom stereocenters. The monoisotopic (exact) mass is 212 g/mol. The minimum Gasteiger partial charge on any atom is -0.314 e. The van der Waals surface area contributed by atoms with E-state index in [1.54, 1.807) is 18.1 Å². The Morgan fingerprint density at radius 3 is 3.14 bits per heavy atom. The Bertz CT molecular complexity index is 282. The molecule has 0 saturated heterocycles. The fraction of sp³-hybridized carbons (Fsp3) is 0.778. The lowest BCUT2D eigenvalue weighted by Gasteiger charge is -2.01. The minimum absolute atomic E-state index is 0.829. The van der Waals surface area contributed by atoms with Gasteiger partial charge in [0.2, 0.25) is 0 Å². The molecule has 0 radical (unpaired) electrons. The van der Waals surface area contributed by atoms with Crippen LogP contribution in [0.3, 0.4) is 0 Å². The van der Waals surface area contributed by atoms with Crippen LogP contribution in [0.15, 0.2) is 11.5 Å². The van der Waals surface area contributed by atoms with Gasteiger partial charge in [0.05, 0.1) is 0 Å². The Kier molecular flexibility index (Phi) is 3.42. The van der Waals surface area contributed by atoms with Gasteiger partial charge >= 0.3 is 0 Å². The standard InChI is InChI=1S/C9H16N4S/c1-13-9(11-7-12-13)14-6-2-5-10-8-3-4-8/h7-8,10H,2-6H2,1H3. The molecule has 0 spiro atoms. The molecular weight excluding hydrogens is 196 g/mol. The van der Waals surface area contributed by atoms with Crippen LogP contribution in [-0.2, 0) is 7.05 Å². The van der Waals surface area contributed by atoms with Gasteiger partial charge in [-0.2, -0.15) is 5.10 Å². The van der Waals surface area contributed by atoms with Crippen LogP contribution in [0.5, 0.6) is 0 Å². The molecule has 1 aromatic heterocycles. The maximum Gasteiger partial charge on any atom is 0.185 e. The van der Waals surface area contributed by atoms with E-state index in [1.165, 1.54) is 19.3 Å². The number of nitrogens with one attached hydrogen (secondary N) is 1. The number of aryl methyl sites for hydroxylation is 1. The molecule has 78 valence electrons. The highest BCUT2D eigenvalue weighted by Crippen LogP contribution is 2.19. The van der Waals surface area contributed by atoms with Crippen molar-refractivity contribution in [2.24, 2.45) is 7.05 Å². The van der Waals surface area contributed by atoms with Crippen molar-refractivity contribution in [3.63, 3.8) is 0 Å². The number of hydrogen-bond acceptors (Lipinski definition) is 4. The van der Waals surface area contributed by atoms with Crippen molar-refractivity contribution < 1.29 is 0 Å². The van der Waals surface area contributed by atoms with Crippen molar-refractivity contribution in [3.8, 4) is 0 Å². The fourth-order valence-corrected chi connectivity index (χ4v) is 2.07. The highest BCUT2D eigenvalue weighted by Gasteiger charge is 2.19. The first-order chi connectivity index (χ1) is 6.86. The van der Waals surface area contributed by atoms with Crippen LogP contribution in [0.2, 0.25) is 0 Å². The van der Waals surface area contributed by atoms with Crippen LogP contribution < -0.4 is 5.32 Å². The van der Waals surface area contributed by atoms with Crippen LogP contribution in [0, 0.1) is 0 Å². The normalized spacial score (nSPS) is 16.1. The molecule has 1 fully saturated rings. The van der Waals surface area contributed by atoms with Crippen LogP contribution in [-0.4, -0.2) is 33.1 Å². The smallest absolute Gasteiger partial charge is 0.185 e. The first-order valence-electron chi connectivity index (χ1n) is 5.06. The maximum atomic E-state index is 4.16. The van der Waals surface area contributed by atoms with Crippen LogP contribution >= 0.6 is 11.8 Å². The van der Waals surface area contributed by atoms with Gasteiger partial charge in [0, 0.05) is 18.8 Å². The van der Waals surface area contributed by atoms with Gasteiger partial charge in [-0.15, -0.1) is 0 Å². The van der Waals surface area contributed by atoms with Crippen LogP contribution in [0.25, 0.3) is 0 Å². The lowest BCUT2D eigenvalue weighted by molar-refractivity contribution is 0.668. The molecule has 1 aliphatic carbocycles. The van der Waals surface area contributed by atoms with E-state index >= 15 is 0 Å². The Morgan fingerprint density at radius 2 is 2.50 bits per heavy atom. The lowest BCUT2D eigenvalue weighted by atomic mass is 10.5. The molecule has 2 rings (SSSR count). The summed E-state index contributed by atoms with van der Waals surface area (Å²) < 4.78 is 1.82. The lowest BCUT2D eigenvalue weighted by Crippen LogP contribution is -2.17. The molecule has 1 aliphatic rings. The summed E-state index contributed by atoms with van der Waals surface area (Å²) in [5.41, 5.74) is 0. The molecule has 0 bridgehead atoms. The average molecular weight is 212 g/mol. The van der Waals surface area contributed by atoms with Crippen LogP contribution in [0.1, 0.15) is 19.3 Å². The molecular formula is C9H16N4S. The Balaban J connectivity index is 1.56. The quantitative estimate of drug-likeness (QED) is 0.565. The highest BCUT2D eigenvalue weighted by molar-refractivity contribution is 7.99. The number of aromatic nitrogens is 3. The molecule has 1 aromatic rings. The van der Waals surface area contributed by atoms with E-state index in [1.807, 2.05) is 11.7 Å². The summed E-state index contributed by atoms with van der Waals surface area (Å²) in [7, 11) is 1.93. The third-order valence-corrected chi connectivity index (χ3v) is 3.35. The largest absolute Gasteiger partial charge is 0.314 e. The second kappa shape index (κ2) is 4.79. The van der Waals surface area contributed by atoms with E-state index in [0.717, 1.165) is 23.5 Å². The first kappa shape index (κ1) is 9.98. The summed E-state index contributed by atoms with van der Waals surface area (Å²) in [5.74, 6) is 1.12. The zero-order valence-corrected chi connectivity index (χ0v) is 9.26. The first-order valence-corrected chi connectivity index (χ1v) is 6.05. The fourth-order valence-electron chi connectivity index (χ4n) is 1.25. The zero-order chi connectivity index (χ0) is 9.80. The predicted octanol–water partition coefficient (Wildman–Crippen LogP) is 1.05. The number of rotatable bonds is 6. The summed E-state index contributed by atoms with van der Waals surface area (Å²) >= 11 is 1.78. The number of thioether (sulfide) groups is 1. The van der Waals surface area contributed by atoms with Gasteiger partial charge in [0.25, 0.3) is 0 Å². The third-order valence-electron chi connectivity index (χ3n) is 2.23. The topological polar surface area (TPSA) is 42.7 Å². The molecule has 1 N–H and O–H groups in total. The predicted molar refractivity (Wildman–Crippen MR) is 57.4 cm³/mol. The van der Waals surface area contributed by atoms with Gasteiger partial charge in [0.15, 0.2) is 5.16 Å².